The Balaban J connectivity index is 7.60. The molecule has 13 heteroatoms. The first-order valence-electron chi connectivity index (χ1n) is 30.3. The van der Waals surface area contributed by atoms with E-state index in [-0.39, 0.29) is 39.1 Å². The average Bonchev–Trinajstić information content (AvgIpc) is 3.38. The van der Waals surface area contributed by atoms with Crippen LogP contribution in [0.3, 0.4) is 0 Å². The number of hydrogen-bond acceptors (Lipinski definition) is 13. The minimum atomic E-state index is -2.03. The Hall–Kier alpha value is -3.06. The van der Waals surface area contributed by atoms with Gasteiger partial charge in [-0.05, 0) is 38.5 Å². The first-order valence-corrected chi connectivity index (χ1v) is 30.3. The predicted octanol–water partition coefficient (Wildman–Crippen LogP) is 14.7. The van der Waals surface area contributed by atoms with Gasteiger partial charge in [0.2, 0.25) is 12.2 Å². The highest BCUT2D eigenvalue weighted by atomic mass is 16.6. The number of Topliss-reactive ketones (excluding diaryl/α,β-unsaturated/α-hetero) is 1. The second-order valence-electron chi connectivity index (χ2n) is 21.6. The van der Waals surface area contributed by atoms with Crippen molar-refractivity contribution in [1.82, 2.24) is 0 Å². The summed E-state index contributed by atoms with van der Waals surface area (Å²) in [6.45, 7) is 15.1. The third-order valence-corrected chi connectivity index (χ3v) is 14.4. The molecule has 0 radical (unpaired) electrons. The Morgan fingerprint density at radius 2 is 0.649 bits per heavy atom. The molecule has 1 N–H and O–H groups in total. The summed E-state index contributed by atoms with van der Waals surface area (Å²) in [5, 5.41) is 9.73. The summed E-state index contributed by atoms with van der Waals surface area (Å²) in [4.78, 5) is 86.7. The molecule has 434 valence electrons. The van der Waals surface area contributed by atoms with Crippen molar-refractivity contribution in [3.63, 3.8) is 0 Å². The molecule has 0 saturated carbocycles. The van der Waals surface area contributed by atoms with Crippen LogP contribution in [0.5, 0.6) is 0 Å². The number of aliphatic hydroxyl groups is 1. The molecule has 8 unspecified atom stereocenters. The SMILES string of the molecule is CCCCCCCCCC(C)C(=O)OC(C(=O)CCCCO)C(OC(=O)C(C)CCCCCCCCC)C(OC(=O)C(C)CCCCCCCCC)C(OC(=O)C(C)CCCCCCCCC)C(=O)OCCOC. The van der Waals surface area contributed by atoms with Crippen molar-refractivity contribution in [2.75, 3.05) is 26.9 Å². The topological polar surface area (TPSA) is 178 Å². The lowest BCUT2D eigenvalue weighted by molar-refractivity contribution is -0.211. The molecule has 0 spiro atoms. The van der Waals surface area contributed by atoms with Crippen molar-refractivity contribution in [2.45, 2.75) is 305 Å². The van der Waals surface area contributed by atoms with Crippen LogP contribution < -0.4 is 0 Å². The quantitative estimate of drug-likeness (QED) is 0.0346. The van der Waals surface area contributed by atoms with E-state index < -0.39 is 83.7 Å². The molecule has 0 aromatic rings. The van der Waals surface area contributed by atoms with Crippen LogP contribution in [0.4, 0.5) is 0 Å². The fraction of sp³-hybridized carbons (Fsp3) is 0.902. The Morgan fingerprint density at radius 1 is 0.351 bits per heavy atom. The van der Waals surface area contributed by atoms with Gasteiger partial charge in [-0.1, -0.05) is 235 Å². The smallest absolute Gasteiger partial charge is 0.351 e. The number of aliphatic hydroxyl groups excluding tert-OH is 1. The van der Waals surface area contributed by atoms with Crippen LogP contribution in [-0.4, -0.2) is 92.1 Å². The van der Waals surface area contributed by atoms with Gasteiger partial charge in [-0.2, -0.15) is 0 Å². The van der Waals surface area contributed by atoms with Crippen molar-refractivity contribution in [1.29, 1.82) is 0 Å². The largest absolute Gasteiger partial charge is 0.460 e. The third kappa shape index (κ3) is 35.3. The van der Waals surface area contributed by atoms with Gasteiger partial charge < -0.3 is 33.5 Å². The van der Waals surface area contributed by atoms with E-state index in [2.05, 4.69) is 27.7 Å². The van der Waals surface area contributed by atoms with E-state index in [4.69, 9.17) is 28.4 Å². The van der Waals surface area contributed by atoms with Gasteiger partial charge in [0.1, 0.15) is 6.61 Å². The standard InChI is InChI=1S/C61H112O13/c1-10-14-18-22-26-30-34-40-48(5)57(64)71-53(52(63)44-38-39-45-62)54(72-58(65)49(6)41-35-31-27-23-19-15-11-2)55(73-59(66)50(7)42-36-32-28-24-20-16-12-3)56(61(68)70-47-46-69-9)74-60(67)51(8)43-37-33-29-25-21-17-13-4/h48-51,53-56,62H,10-47H2,1-9H3. The Kier molecular flexibility index (Phi) is 46.3. The molecule has 0 aliphatic heterocycles. The van der Waals surface area contributed by atoms with E-state index in [1.165, 1.54) is 32.8 Å². The molecule has 0 fully saturated rings. The van der Waals surface area contributed by atoms with Crippen LogP contribution in [-0.2, 0) is 57.2 Å². The van der Waals surface area contributed by atoms with Crippen LogP contribution >= 0.6 is 0 Å². The number of rotatable bonds is 52. The van der Waals surface area contributed by atoms with Crippen LogP contribution in [0.2, 0.25) is 0 Å². The summed E-state index contributed by atoms with van der Waals surface area (Å²) < 4.78 is 35.8. The summed E-state index contributed by atoms with van der Waals surface area (Å²) >= 11 is 0. The van der Waals surface area contributed by atoms with Gasteiger partial charge in [0.15, 0.2) is 18.0 Å². The monoisotopic (exact) mass is 1050 g/mol. The van der Waals surface area contributed by atoms with E-state index in [1.54, 1.807) is 27.7 Å². The molecule has 0 amide bonds. The van der Waals surface area contributed by atoms with E-state index in [1.807, 2.05) is 0 Å². The van der Waals surface area contributed by atoms with E-state index in [0.29, 0.717) is 25.7 Å². The summed E-state index contributed by atoms with van der Waals surface area (Å²) in [5.41, 5.74) is 0. The molecule has 0 bridgehead atoms. The normalized spacial score (nSPS) is 14.7. The summed E-state index contributed by atoms with van der Waals surface area (Å²) in [6.07, 6.45) is 23.3. The van der Waals surface area contributed by atoms with Crippen molar-refractivity contribution in [3.8, 4) is 0 Å². The first-order chi connectivity index (χ1) is 35.7. The fourth-order valence-corrected chi connectivity index (χ4v) is 9.11. The average molecular weight is 1050 g/mol. The highest BCUT2D eigenvalue weighted by Gasteiger charge is 2.51. The lowest BCUT2D eigenvalue weighted by Crippen LogP contribution is -2.57. The lowest BCUT2D eigenvalue weighted by Gasteiger charge is -2.36. The van der Waals surface area contributed by atoms with Crippen molar-refractivity contribution < 1.29 is 62.3 Å². The van der Waals surface area contributed by atoms with Crippen molar-refractivity contribution in [3.05, 3.63) is 0 Å². The molecule has 0 rings (SSSR count). The highest BCUT2D eigenvalue weighted by Crippen LogP contribution is 2.28. The van der Waals surface area contributed by atoms with Crippen molar-refractivity contribution in [2.24, 2.45) is 23.7 Å². The first kappa shape index (κ1) is 70.9. The lowest BCUT2D eigenvalue weighted by atomic mass is 9.94. The second kappa shape index (κ2) is 48.3. The molecule has 0 aromatic heterocycles. The van der Waals surface area contributed by atoms with Gasteiger partial charge in [0.05, 0.1) is 30.3 Å². The maximum absolute atomic E-state index is 14.7. The highest BCUT2D eigenvalue weighted by molar-refractivity contribution is 5.88. The molecule has 13 nitrogen and oxygen atoms in total. The summed E-state index contributed by atoms with van der Waals surface area (Å²) in [7, 11) is 1.44. The van der Waals surface area contributed by atoms with Crippen LogP contribution in [0.15, 0.2) is 0 Å². The number of hydrogen-bond donors (Lipinski definition) is 1. The van der Waals surface area contributed by atoms with Gasteiger partial charge in [0, 0.05) is 20.1 Å². The zero-order valence-corrected chi connectivity index (χ0v) is 48.8. The van der Waals surface area contributed by atoms with Crippen LogP contribution in [0, 0.1) is 23.7 Å². The predicted molar refractivity (Wildman–Crippen MR) is 295 cm³/mol. The van der Waals surface area contributed by atoms with Gasteiger partial charge in [-0.15, -0.1) is 0 Å². The molecule has 0 aromatic carbocycles. The fourth-order valence-electron chi connectivity index (χ4n) is 9.11. The van der Waals surface area contributed by atoms with Gasteiger partial charge in [-0.25, -0.2) is 4.79 Å². The maximum Gasteiger partial charge on any atom is 0.351 e. The minimum Gasteiger partial charge on any atom is -0.460 e. The Bertz CT molecular complexity index is 1320. The molecule has 0 aliphatic carbocycles. The zero-order valence-electron chi connectivity index (χ0n) is 48.8. The van der Waals surface area contributed by atoms with E-state index >= 15 is 0 Å². The number of ether oxygens (including phenoxy) is 6. The van der Waals surface area contributed by atoms with Crippen LogP contribution in [0.1, 0.15) is 280 Å². The minimum absolute atomic E-state index is 0.00423. The number of methoxy groups -OCH3 is 1. The summed E-state index contributed by atoms with van der Waals surface area (Å²) in [6, 6.07) is 0. The van der Waals surface area contributed by atoms with Crippen LogP contribution in [0.25, 0.3) is 0 Å². The summed E-state index contributed by atoms with van der Waals surface area (Å²) in [5.74, 6) is -7.49. The second-order valence-corrected chi connectivity index (χ2v) is 21.6. The molecule has 0 saturated heterocycles. The number of esters is 5. The van der Waals surface area contributed by atoms with Crippen molar-refractivity contribution >= 4 is 35.6 Å². The molecule has 0 heterocycles. The number of carbonyl (C=O) groups is 6. The molecular formula is C61H112O13. The zero-order chi connectivity index (χ0) is 55.2. The molecular weight excluding hydrogens is 941 g/mol. The Morgan fingerprint density at radius 3 is 0.973 bits per heavy atom. The molecule has 0 aliphatic rings. The third-order valence-electron chi connectivity index (χ3n) is 14.4. The Labute approximate surface area is 451 Å². The maximum atomic E-state index is 14.7. The number of carbonyl (C=O) groups excluding carboxylic acids is 6. The van der Waals surface area contributed by atoms with E-state index in [9.17, 15) is 33.9 Å². The molecule has 74 heavy (non-hydrogen) atoms. The van der Waals surface area contributed by atoms with E-state index in [0.717, 1.165) is 154 Å². The van der Waals surface area contributed by atoms with Gasteiger partial charge >= 0.3 is 29.8 Å². The number of ketones is 1. The number of unbranched alkanes of at least 4 members (excludes halogenated alkanes) is 25. The molecule has 8 atom stereocenters. The van der Waals surface area contributed by atoms with Gasteiger partial charge in [-0.3, -0.25) is 24.0 Å². The van der Waals surface area contributed by atoms with Gasteiger partial charge in [0.25, 0.3) is 0 Å².